The van der Waals surface area contributed by atoms with Crippen LogP contribution in [0.3, 0.4) is 0 Å². The van der Waals surface area contributed by atoms with Gasteiger partial charge in [-0.15, -0.1) is 0 Å². The predicted octanol–water partition coefficient (Wildman–Crippen LogP) is 3.17. The first kappa shape index (κ1) is 26.6. The lowest BCUT2D eigenvalue weighted by Gasteiger charge is -2.31. The number of aromatic nitrogens is 3. The third-order valence-corrected chi connectivity index (χ3v) is 6.98. The highest BCUT2D eigenvalue weighted by Gasteiger charge is 2.43. The number of amides is 2. The van der Waals surface area contributed by atoms with Gasteiger partial charge in [0, 0.05) is 18.0 Å². The first-order valence-electron chi connectivity index (χ1n) is 11.8. The molecule has 1 aromatic carbocycles. The number of hydrogen-bond acceptors (Lipinski definition) is 6. The van der Waals surface area contributed by atoms with E-state index < -0.39 is 76.3 Å². The van der Waals surface area contributed by atoms with Gasteiger partial charge in [-0.1, -0.05) is 0 Å². The summed E-state index contributed by atoms with van der Waals surface area (Å²) < 4.78 is 89.9. The van der Waals surface area contributed by atoms with E-state index in [-0.39, 0.29) is 37.2 Å². The molecular formula is C24H22F6N6O3. The Labute approximate surface area is 216 Å². The monoisotopic (exact) mass is 556 g/mol. The first-order chi connectivity index (χ1) is 18.4. The Kier molecular flexibility index (Phi) is 6.55. The number of benzene rings is 1. The molecule has 15 heteroatoms. The van der Waals surface area contributed by atoms with E-state index in [4.69, 9.17) is 10.5 Å². The summed E-state index contributed by atoms with van der Waals surface area (Å²) in [6.45, 7) is -0.488. The third kappa shape index (κ3) is 4.69. The number of carbonyl (C=O) groups is 2. The van der Waals surface area contributed by atoms with Gasteiger partial charge in [-0.05, 0) is 31.0 Å². The van der Waals surface area contributed by atoms with Gasteiger partial charge in [0.05, 0.1) is 36.5 Å². The number of anilines is 1. The van der Waals surface area contributed by atoms with Crippen LogP contribution in [0.15, 0.2) is 24.5 Å². The number of alkyl halides is 5. The molecule has 2 amide bonds. The van der Waals surface area contributed by atoms with E-state index in [1.165, 1.54) is 4.90 Å². The Morgan fingerprint density at radius 3 is 2.51 bits per heavy atom. The number of carbonyl (C=O) groups excluding carboxylic acids is 2. The van der Waals surface area contributed by atoms with Gasteiger partial charge in [0.1, 0.15) is 24.2 Å². The number of ether oxygens (including phenoxy) is 1. The van der Waals surface area contributed by atoms with E-state index in [1.54, 1.807) is 0 Å². The van der Waals surface area contributed by atoms with Gasteiger partial charge < -0.3 is 20.7 Å². The fourth-order valence-corrected chi connectivity index (χ4v) is 4.94. The largest absolute Gasteiger partial charge is 0.493 e. The lowest BCUT2D eigenvalue weighted by molar-refractivity contribution is -0.139. The fraction of sp³-hybridized carbons (Fsp3) is 0.417. The maximum absolute atomic E-state index is 15.0. The molecule has 2 aliphatic rings. The summed E-state index contributed by atoms with van der Waals surface area (Å²) in [7, 11) is 1.09. The molecule has 1 saturated heterocycles. The predicted molar refractivity (Wildman–Crippen MR) is 125 cm³/mol. The Bertz CT molecular complexity index is 1450. The van der Waals surface area contributed by atoms with Crippen molar-refractivity contribution in [3.8, 4) is 17.0 Å². The first-order valence-corrected chi connectivity index (χ1v) is 11.8. The van der Waals surface area contributed by atoms with Crippen LogP contribution in [0.2, 0.25) is 0 Å². The Hall–Kier alpha value is -4.04. The molecule has 5 rings (SSSR count). The quantitative estimate of drug-likeness (QED) is 0.467. The van der Waals surface area contributed by atoms with Crippen molar-refractivity contribution in [1.82, 2.24) is 24.8 Å². The van der Waals surface area contributed by atoms with Crippen LogP contribution in [0.1, 0.15) is 28.8 Å². The zero-order valence-electron chi connectivity index (χ0n) is 20.3. The normalized spacial score (nSPS) is 23.1. The Morgan fingerprint density at radius 2 is 1.87 bits per heavy atom. The van der Waals surface area contributed by atoms with Gasteiger partial charge in [0.15, 0.2) is 17.4 Å². The van der Waals surface area contributed by atoms with Crippen molar-refractivity contribution in [3.63, 3.8) is 0 Å². The van der Waals surface area contributed by atoms with Gasteiger partial charge in [-0.3, -0.25) is 9.59 Å². The van der Waals surface area contributed by atoms with E-state index in [1.807, 2.05) is 0 Å². The molecule has 0 radical (unpaired) electrons. The highest BCUT2D eigenvalue weighted by atomic mass is 19.4. The number of nitrogens with one attached hydrogen (secondary N) is 1. The summed E-state index contributed by atoms with van der Waals surface area (Å²) >= 11 is 0. The van der Waals surface area contributed by atoms with Crippen LogP contribution in [0.25, 0.3) is 16.8 Å². The number of hydrogen-bond donors (Lipinski definition) is 2. The number of nitrogens with two attached hydrogens (primary N) is 1. The SMILES string of the molecule is COc1c(F)cc(-c2cc(C(F)(F)F)c3c(N)ncnn23)cc1C(=O)N[C@@H]1CN(C(=O)C2CC(F)C2)C[C@@H]1F. The molecule has 39 heavy (non-hydrogen) atoms. The topological polar surface area (TPSA) is 115 Å². The summed E-state index contributed by atoms with van der Waals surface area (Å²) in [6.07, 6.45) is -6.52. The van der Waals surface area contributed by atoms with E-state index in [2.05, 4.69) is 15.4 Å². The van der Waals surface area contributed by atoms with Crippen LogP contribution in [0.5, 0.6) is 5.75 Å². The van der Waals surface area contributed by atoms with Gasteiger partial charge in [-0.25, -0.2) is 22.7 Å². The number of methoxy groups -OCH3 is 1. The van der Waals surface area contributed by atoms with Crippen LogP contribution >= 0.6 is 0 Å². The van der Waals surface area contributed by atoms with Crippen LogP contribution in [-0.4, -0.2) is 69.9 Å². The zero-order valence-corrected chi connectivity index (χ0v) is 20.3. The Balaban J connectivity index is 1.47. The van der Waals surface area contributed by atoms with E-state index in [0.29, 0.717) is 6.07 Å². The third-order valence-electron chi connectivity index (χ3n) is 6.98. The van der Waals surface area contributed by atoms with Crippen LogP contribution < -0.4 is 15.8 Å². The van der Waals surface area contributed by atoms with E-state index >= 15 is 4.39 Å². The number of likely N-dealkylation sites (tertiary alicyclic amines) is 1. The molecule has 0 unspecified atom stereocenters. The smallest absolute Gasteiger partial charge is 0.418 e. The van der Waals surface area contributed by atoms with Crippen molar-refractivity contribution in [2.75, 3.05) is 25.9 Å². The van der Waals surface area contributed by atoms with Crippen molar-refractivity contribution in [2.45, 2.75) is 37.4 Å². The zero-order chi connectivity index (χ0) is 28.2. The molecular weight excluding hydrogens is 534 g/mol. The fourth-order valence-electron chi connectivity index (χ4n) is 4.94. The van der Waals surface area contributed by atoms with Crippen molar-refractivity contribution >= 4 is 23.1 Å². The summed E-state index contributed by atoms with van der Waals surface area (Å²) in [5, 5.41) is 6.22. The van der Waals surface area contributed by atoms with Gasteiger partial charge >= 0.3 is 6.18 Å². The number of halogens is 6. The maximum Gasteiger partial charge on any atom is 0.418 e. The van der Waals surface area contributed by atoms with Crippen molar-refractivity contribution in [3.05, 3.63) is 41.5 Å². The average Bonchev–Trinajstić information content (AvgIpc) is 3.43. The molecule has 1 aliphatic heterocycles. The number of rotatable bonds is 5. The lowest BCUT2D eigenvalue weighted by Crippen LogP contribution is -2.44. The average molecular weight is 556 g/mol. The number of fused-ring (bicyclic) bond motifs is 1. The second-order valence-corrected chi connectivity index (χ2v) is 9.49. The molecule has 1 aliphatic carbocycles. The molecule has 0 spiro atoms. The standard InChI is InChI=1S/C24H22F6N6O3/c1-39-20-13(22(37)34-17-8-35(7-16(17)27)23(38)11-2-12(25)3-11)4-10(5-15(20)26)18-6-14(24(28,29)30)19-21(31)32-9-33-36(18)19/h4-6,9,11-12,16-17H,2-3,7-8H2,1H3,(H,34,37)(H2,31,32,33)/t11?,12?,16-,17+/m0/s1. The second kappa shape index (κ2) is 9.61. The molecule has 208 valence electrons. The molecule has 9 nitrogen and oxygen atoms in total. The van der Waals surface area contributed by atoms with Crippen molar-refractivity contribution in [2.24, 2.45) is 5.92 Å². The highest BCUT2D eigenvalue weighted by molar-refractivity contribution is 5.99. The summed E-state index contributed by atoms with van der Waals surface area (Å²) in [6, 6.07) is 1.49. The van der Waals surface area contributed by atoms with Crippen LogP contribution in [0.4, 0.5) is 32.2 Å². The number of nitrogen functional groups attached to an aromatic ring is 1. The van der Waals surface area contributed by atoms with Gasteiger partial charge in [0.25, 0.3) is 5.91 Å². The minimum absolute atomic E-state index is 0.0631. The summed E-state index contributed by atoms with van der Waals surface area (Å²) in [5.74, 6) is -3.98. The van der Waals surface area contributed by atoms with Crippen LogP contribution in [0, 0.1) is 11.7 Å². The van der Waals surface area contributed by atoms with Gasteiger partial charge in [-0.2, -0.15) is 18.3 Å². The molecule has 3 heterocycles. The molecule has 0 bridgehead atoms. The molecule has 2 fully saturated rings. The van der Waals surface area contributed by atoms with Crippen molar-refractivity contribution in [1.29, 1.82) is 0 Å². The lowest BCUT2D eigenvalue weighted by atomic mass is 9.82. The summed E-state index contributed by atoms with van der Waals surface area (Å²) in [5.41, 5.74) is 3.11. The minimum atomic E-state index is -4.85. The summed E-state index contributed by atoms with van der Waals surface area (Å²) in [4.78, 5) is 30.4. The van der Waals surface area contributed by atoms with E-state index in [9.17, 15) is 31.5 Å². The second-order valence-electron chi connectivity index (χ2n) is 9.49. The minimum Gasteiger partial charge on any atom is -0.493 e. The highest BCUT2D eigenvalue weighted by Crippen LogP contribution is 2.40. The van der Waals surface area contributed by atoms with Crippen LogP contribution in [-0.2, 0) is 11.0 Å². The van der Waals surface area contributed by atoms with Gasteiger partial charge in [0.2, 0.25) is 5.91 Å². The number of nitrogens with zero attached hydrogens (tertiary/aromatic N) is 4. The molecule has 3 aromatic rings. The maximum atomic E-state index is 15.0. The Morgan fingerprint density at radius 1 is 1.15 bits per heavy atom. The van der Waals surface area contributed by atoms with E-state index in [0.717, 1.165) is 30.1 Å². The van der Waals surface area contributed by atoms with Crippen molar-refractivity contribution < 1.29 is 40.7 Å². The molecule has 3 N–H and O–H groups in total. The molecule has 1 saturated carbocycles. The molecule has 2 atom stereocenters. The molecule has 2 aromatic heterocycles.